The monoisotopic (exact) mass is 442 g/mol. The number of amides is 1. The molecule has 9 heteroatoms. The first-order chi connectivity index (χ1) is 13.9. The van der Waals surface area contributed by atoms with Crippen molar-refractivity contribution in [1.82, 2.24) is 19.4 Å². The maximum absolute atomic E-state index is 12.9. The standard InChI is InChI=1S/C20H34N4O3S2/c1-3-22-13-15-23(16-14-22)11-5-4-10-21-20(25)18-7-6-12-24(18)29(26,27)19-9-8-17(2)28-19/h8-9,18H,3-7,10-16H2,1-2H3,(H,21,25). The lowest BCUT2D eigenvalue weighted by atomic mass is 10.2. The Labute approximate surface area is 179 Å². The summed E-state index contributed by atoms with van der Waals surface area (Å²) in [5.74, 6) is -0.157. The Hall–Kier alpha value is -1.00. The molecule has 2 aliphatic rings. The highest BCUT2D eigenvalue weighted by Gasteiger charge is 2.39. The molecule has 0 aliphatic carbocycles. The van der Waals surface area contributed by atoms with E-state index in [0.717, 1.165) is 63.4 Å². The van der Waals surface area contributed by atoms with Crippen LogP contribution < -0.4 is 5.32 Å². The van der Waals surface area contributed by atoms with Gasteiger partial charge in [0.05, 0.1) is 0 Å². The van der Waals surface area contributed by atoms with E-state index in [4.69, 9.17) is 0 Å². The number of carbonyl (C=O) groups is 1. The highest BCUT2D eigenvalue weighted by atomic mass is 32.2. The van der Waals surface area contributed by atoms with Gasteiger partial charge in [-0.15, -0.1) is 11.3 Å². The summed E-state index contributed by atoms with van der Waals surface area (Å²) < 4.78 is 27.5. The average Bonchev–Trinajstić information content (AvgIpc) is 3.38. The number of sulfonamides is 1. The third-order valence-electron chi connectivity index (χ3n) is 5.90. The highest BCUT2D eigenvalue weighted by Crippen LogP contribution is 2.30. The van der Waals surface area contributed by atoms with E-state index >= 15 is 0 Å². The van der Waals surface area contributed by atoms with Crippen LogP contribution in [0.2, 0.25) is 0 Å². The normalized spacial score (nSPS) is 22.2. The van der Waals surface area contributed by atoms with Gasteiger partial charge in [0, 0.05) is 44.1 Å². The van der Waals surface area contributed by atoms with Crippen LogP contribution in [0.15, 0.2) is 16.3 Å². The van der Waals surface area contributed by atoms with Gasteiger partial charge in [0.1, 0.15) is 10.3 Å². The molecule has 164 valence electrons. The van der Waals surface area contributed by atoms with Crippen molar-refractivity contribution in [3.05, 3.63) is 17.0 Å². The van der Waals surface area contributed by atoms with E-state index in [1.807, 2.05) is 13.0 Å². The number of carbonyl (C=O) groups excluding carboxylic acids is 1. The molecule has 1 atom stereocenters. The van der Waals surface area contributed by atoms with E-state index < -0.39 is 16.1 Å². The number of piperazine rings is 1. The first-order valence-electron chi connectivity index (χ1n) is 10.7. The molecule has 1 unspecified atom stereocenters. The minimum absolute atomic E-state index is 0.157. The summed E-state index contributed by atoms with van der Waals surface area (Å²) in [6.07, 6.45) is 3.29. The van der Waals surface area contributed by atoms with Crippen LogP contribution in [-0.2, 0) is 14.8 Å². The van der Waals surface area contributed by atoms with Crippen molar-refractivity contribution in [2.24, 2.45) is 0 Å². The highest BCUT2D eigenvalue weighted by molar-refractivity contribution is 7.91. The van der Waals surface area contributed by atoms with E-state index in [9.17, 15) is 13.2 Å². The molecule has 3 rings (SSSR count). The maximum Gasteiger partial charge on any atom is 0.253 e. The third kappa shape index (κ3) is 5.79. The van der Waals surface area contributed by atoms with Gasteiger partial charge in [-0.3, -0.25) is 4.79 Å². The zero-order valence-electron chi connectivity index (χ0n) is 17.6. The van der Waals surface area contributed by atoms with Crippen molar-refractivity contribution in [3.8, 4) is 0 Å². The summed E-state index contributed by atoms with van der Waals surface area (Å²) in [6.45, 7) is 11.8. The molecule has 0 aromatic carbocycles. The SMILES string of the molecule is CCN1CCN(CCCCNC(=O)C2CCCN2S(=O)(=O)c2ccc(C)s2)CC1. The second kappa shape index (κ2) is 10.3. The van der Waals surface area contributed by atoms with Crippen molar-refractivity contribution >= 4 is 27.3 Å². The molecule has 2 aliphatic heterocycles. The molecule has 0 radical (unpaired) electrons. The smallest absolute Gasteiger partial charge is 0.253 e. The summed E-state index contributed by atoms with van der Waals surface area (Å²) in [5.41, 5.74) is 0. The number of hydrogen-bond donors (Lipinski definition) is 1. The summed E-state index contributed by atoms with van der Waals surface area (Å²) in [6, 6.07) is 2.87. The fourth-order valence-electron chi connectivity index (χ4n) is 4.08. The molecule has 0 bridgehead atoms. The van der Waals surface area contributed by atoms with Crippen molar-refractivity contribution in [2.45, 2.75) is 49.8 Å². The van der Waals surface area contributed by atoms with E-state index in [1.165, 1.54) is 15.6 Å². The molecular weight excluding hydrogens is 408 g/mol. The molecule has 7 nitrogen and oxygen atoms in total. The van der Waals surface area contributed by atoms with Crippen LogP contribution in [0.4, 0.5) is 0 Å². The van der Waals surface area contributed by atoms with Gasteiger partial charge >= 0.3 is 0 Å². The van der Waals surface area contributed by atoms with Crippen LogP contribution in [0.25, 0.3) is 0 Å². The van der Waals surface area contributed by atoms with Gasteiger partial charge in [0.2, 0.25) is 5.91 Å². The Morgan fingerprint density at radius 3 is 2.52 bits per heavy atom. The molecule has 0 spiro atoms. The Morgan fingerprint density at radius 2 is 1.86 bits per heavy atom. The second-order valence-corrected chi connectivity index (χ2v) is 11.3. The van der Waals surface area contributed by atoms with Gasteiger partial charge in [-0.1, -0.05) is 6.92 Å². The van der Waals surface area contributed by atoms with Gasteiger partial charge in [-0.25, -0.2) is 8.42 Å². The molecule has 1 amide bonds. The molecule has 2 saturated heterocycles. The molecule has 1 aromatic heterocycles. The topological polar surface area (TPSA) is 73.0 Å². The number of nitrogens with one attached hydrogen (secondary N) is 1. The maximum atomic E-state index is 12.9. The summed E-state index contributed by atoms with van der Waals surface area (Å²) in [4.78, 5) is 18.6. The minimum atomic E-state index is -3.59. The molecule has 1 N–H and O–H groups in total. The molecule has 0 saturated carbocycles. The van der Waals surface area contributed by atoms with Crippen LogP contribution in [0.1, 0.15) is 37.5 Å². The van der Waals surface area contributed by atoms with Crippen LogP contribution in [-0.4, -0.2) is 86.8 Å². The zero-order chi connectivity index (χ0) is 20.9. The van der Waals surface area contributed by atoms with Crippen LogP contribution in [0.3, 0.4) is 0 Å². The van der Waals surface area contributed by atoms with Gasteiger partial charge < -0.3 is 15.1 Å². The average molecular weight is 443 g/mol. The number of aryl methyl sites for hydroxylation is 1. The quantitative estimate of drug-likeness (QED) is 0.590. The third-order valence-corrected chi connectivity index (χ3v) is 9.27. The number of hydrogen-bond acceptors (Lipinski definition) is 6. The number of thiophene rings is 1. The molecule has 3 heterocycles. The Morgan fingerprint density at radius 1 is 1.14 bits per heavy atom. The first kappa shape index (κ1) is 22.7. The van der Waals surface area contributed by atoms with E-state index in [-0.39, 0.29) is 5.91 Å². The predicted octanol–water partition coefficient (Wildman–Crippen LogP) is 1.74. The van der Waals surface area contributed by atoms with Crippen LogP contribution in [0.5, 0.6) is 0 Å². The predicted molar refractivity (Wildman–Crippen MR) is 117 cm³/mol. The van der Waals surface area contributed by atoms with Crippen molar-refractivity contribution in [2.75, 3.05) is 52.4 Å². The fourth-order valence-corrected chi connectivity index (χ4v) is 7.14. The lowest BCUT2D eigenvalue weighted by Gasteiger charge is -2.34. The van der Waals surface area contributed by atoms with E-state index in [2.05, 4.69) is 22.0 Å². The number of likely N-dealkylation sites (N-methyl/N-ethyl adjacent to an activating group) is 1. The summed E-state index contributed by atoms with van der Waals surface area (Å²) >= 11 is 1.27. The summed E-state index contributed by atoms with van der Waals surface area (Å²) in [7, 11) is -3.59. The lowest BCUT2D eigenvalue weighted by Crippen LogP contribution is -2.46. The largest absolute Gasteiger partial charge is 0.355 e. The van der Waals surface area contributed by atoms with Crippen LogP contribution in [0, 0.1) is 6.92 Å². The first-order valence-corrected chi connectivity index (χ1v) is 13.0. The zero-order valence-corrected chi connectivity index (χ0v) is 19.2. The molecule has 29 heavy (non-hydrogen) atoms. The number of nitrogens with zero attached hydrogens (tertiary/aromatic N) is 3. The van der Waals surface area contributed by atoms with Crippen molar-refractivity contribution < 1.29 is 13.2 Å². The number of rotatable bonds is 9. The summed E-state index contributed by atoms with van der Waals surface area (Å²) in [5, 5.41) is 2.97. The minimum Gasteiger partial charge on any atom is -0.355 e. The van der Waals surface area contributed by atoms with E-state index in [0.29, 0.717) is 23.7 Å². The van der Waals surface area contributed by atoms with Crippen LogP contribution >= 0.6 is 11.3 Å². The fraction of sp³-hybridized carbons (Fsp3) is 0.750. The Kier molecular flexibility index (Phi) is 8.09. The molecule has 1 aromatic rings. The Bertz CT molecular complexity index is 772. The second-order valence-electron chi connectivity index (χ2n) is 7.91. The van der Waals surface area contributed by atoms with Gasteiger partial charge in [-0.05, 0) is 57.8 Å². The Balaban J connectivity index is 1.41. The molecular formula is C20H34N4O3S2. The van der Waals surface area contributed by atoms with Crippen molar-refractivity contribution in [1.29, 1.82) is 0 Å². The molecule has 2 fully saturated rings. The van der Waals surface area contributed by atoms with E-state index in [1.54, 1.807) is 6.07 Å². The number of unbranched alkanes of at least 4 members (excludes halogenated alkanes) is 1. The van der Waals surface area contributed by atoms with Gasteiger partial charge in [-0.2, -0.15) is 4.31 Å². The van der Waals surface area contributed by atoms with Gasteiger partial charge in [0.15, 0.2) is 0 Å². The van der Waals surface area contributed by atoms with Gasteiger partial charge in [0.25, 0.3) is 10.0 Å². The lowest BCUT2D eigenvalue weighted by molar-refractivity contribution is -0.124. The van der Waals surface area contributed by atoms with Crippen molar-refractivity contribution in [3.63, 3.8) is 0 Å².